The number of ether oxygens (including phenoxy) is 1. The third-order valence-corrected chi connectivity index (χ3v) is 2.24. The van der Waals surface area contributed by atoms with Crippen molar-refractivity contribution in [1.29, 1.82) is 0 Å². The normalized spacial score (nSPS) is 11.1. The van der Waals surface area contributed by atoms with E-state index >= 15 is 0 Å². The third-order valence-electron chi connectivity index (χ3n) is 2.24. The molecule has 0 aliphatic heterocycles. The van der Waals surface area contributed by atoms with Crippen molar-refractivity contribution in [3.63, 3.8) is 0 Å². The first-order valence-corrected chi connectivity index (χ1v) is 5.83. The van der Waals surface area contributed by atoms with E-state index in [1.54, 1.807) is 26.8 Å². The van der Waals surface area contributed by atoms with Crippen molar-refractivity contribution in [2.24, 2.45) is 0 Å². The van der Waals surface area contributed by atoms with Gasteiger partial charge in [-0.15, -0.1) is 0 Å². The maximum atomic E-state index is 11.6. The maximum absolute atomic E-state index is 11.6. The molecule has 0 aliphatic carbocycles. The lowest BCUT2D eigenvalue weighted by atomic mass is 9.77. The fourth-order valence-corrected chi connectivity index (χ4v) is 1.48. The molecule has 1 amide bonds. The summed E-state index contributed by atoms with van der Waals surface area (Å²) in [4.78, 5) is 11.6. The highest BCUT2D eigenvalue weighted by Gasteiger charge is 2.19. The van der Waals surface area contributed by atoms with E-state index in [9.17, 15) is 14.8 Å². The number of benzene rings is 1. The maximum Gasteiger partial charge on any atom is 0.488 e. The van der Waals surface area contributed by atoms with Crippen LogP contribution in [-0.2, 0) is 11.3 Å². The summed E-state index contributed by atoms with van der Waals surface area (Å²) in [6, 6.07) is 4.42. The Morgan fingerprint density at radius 2 is 2.00 bits per heavy atom. The molecule has 0 atom stereocenters. The van der Waals surface area contributed by atoms with Crippen LogP contribution in [0.5, 0.6) is 0 Å². The molecule has 1 rings (SSSR count). The average molecular weight is 267 g/mol. The summed E-state index contributed by atoms with van der Waals surface area (Å²) in [5, 5.41) is 29.9. The Hall–Kier alpha value is -1.57. The smallest absolute Gasteiger partial charge is 0.444 e. The molecule has 0 heterocycles. The summed E-state index contributed by atoms with van der Waals surface area (Å²) in [7, 11) is -1.72. The first kappa shape index (κ1) is 15.5. The van der Waals surface area contributed by atoms with Crippen molar-refractivity contribution in [2.45, 2.75) is 33.0 Å². The van der Waals surface area contributed by atoms with Crippen molar-refractivity contribution in [3.05, 3.63) is 23.8 Å². The van der Waals surface area contributed by atoms with Gasteiger partial charge in [-0.1, -0.05) is 6.07 Å². The van der Waals surface area contributed by atoms with Gasteiger partial charge in [0.15, 0.2) is 0 Å². The van der Waals surface area contributed by atoms with E-state index in [4.69, 9.17) is 9.84 Å². The summed E-state index contributed by atoms with van der Waals surface area (Å²) in [5.74, 6) is 0. The van der Waals surface area contributed by atoms with Crippen LogP contribution in [0.15, 0.2) is 18.2 Å². The molecule has 104 valence electrons. The topological polar surface area (TPSA) is 99.0 Å². The predicted molar refractivity (Wildman–Crippen MR) is 72.0 cm³/mol. The molecular weight excluding hydrogens is 249 g/mol. The monoisotopic (exact) mass is 267 g/mol. The number of hydrogen-bond donors (Lipinski definition) is 4. The lowest BCUT2D eigenvalue weighted by Gasteiger charge is -2.20. The Balaban J connectivity index is 2.85. The highest BCUT2D eigenvalue weighted by Crippen LogP contribution is 2.12. The van der Waals surface area contributed by atoms with Crippen LogP contribution in [0.3, 0.4) is 0 Å². The van der Waals surface area contributed by atoms with Gasteiger partial charge in [-0.3, -0.25) is 5.32 Å². The molecule has 1 aromatic rings. The number of rotatable bonds is 3. The lowest BCUT2D eigenvalue weighted by Crippen LogP contribution is -2.34. The molecular formula is C12H18BNO5. The summed E-state index contributed by atoms with van der Waals surface area (Å²) in [6.07, 6.45) is -0.636. The molecule has 7 heteroatoms. The molecule has 0 fully saturated rings. The molecule has 6 nitrogen and oxygen atoms in total. The van der Waals surface area contributed by atoms with Gasteiger partial charge in [-0.05, 0) is 43.9 Å². The fourth-order valence-electron chi connectivity index (χ4n) is 1.48. The zero-order valence-electron chi connectivity index (χ0n) is 11.2. The number of carbonyl (C=O) groups is 1. The van der Waals surface area contributed by atoms with Gasteiger partial charge in [-0.25, -0.2) is 4.79 Å². The number of amides is 1. The van der Waals surface area contributed by atoms with E-state index in [0.29, 0.717) is 11.3 Å². The minimum atomic E-state index is -1.72. The fraction of sp³-hybridized carbons (Fsp3) is 0.417. The van der Waals surface area contributed by atoms with E-state index in [-0.39, 0.29) is 12.1 Å². The molecule has 0 saturated carbocycles. The largest absolute Gasteiger partial charge is 0.488 e. The molecule has 0 aliphatic rings. The quantitative estimate of drug-likeness (QED) is 0.586. The summed E-state index contributed by atoms with van der Waals surface area (Å²) >= 11 is 0. The Bertz CT molecular complexity index is 456. The van der Waals surface area contributed by atoms with E-state index in [1.165, 1.54) is 12.1 Å². The Morgan fingerprint density at radius 3 is 2.47 bits per heavy atom. The summed E-state index contributed by atoms with van der Waals surface area (Å²) in [5.41, 5.74) is 0.254. The molecule has 1 aromatic carbocycles. The van der Waals surface area contributed by atoms with E-state index in [2.05, 4.69) is 5.32 Å². The molecule has 0 bridgehead atoms. The summed E-state index contributed by atoms with van der Waals surface area (Å²) in [6.45, 7) is 4.90. The highest BCUT2D eigenvalue weighted by molar-refractivity contribution is 6.59. The van der Waals surface area contributed by atoms with Gasteiger partial charge in [-0.2, -0.15) is 0 Å². The van der Waals surface area contributed by atoms with Crippen LogP contribution in [0.1, 0.15) is 26.3 Å². The number of aliphatic hydroxyl groups excluding tert-OH is 1. The second-order valence-electron chi connectivity index (χ2n) is 5.07. The van der Waals surface area contributed by atoms with Crippen molar-refractivity contribution < 1.29 is 24.7 Å². The van der Waals surface area contributed by atoms with Crippen LogP contribution >= 0.6 is 0 Å². The molecule has 0 unspecified atom stereocenters. The molecule has 0 saturated heterocycles. The zero-order chi connectivity index (χ0) is 14.6. The molecule has 19 heavy (non-hydrogen) atoms. The first-order chi connectivity index (χ1) is 8.73. The number of nitrogens with one attached hydrogen (secondary N) is 1. The number of anilines is 1. The van der Waals surface area contributed by atoms with Gasteiger partial charge >= 0.3 is 13.2 Å². The van der Waals surface area contributed by atoms with Gasteiger partial charge in [0.25, 0.3) is 0 Å². The summed E-state index contributed by atoms with van der Waals surface area (Å²) < 4.78 is 5.07. The van der Waals surface area contributed by atoms with E-state index in [1.807, 2.05) is 0 Å². The second-order valence-corrected chi connectivity index (χ2v) is 5.07. The van der Waals surface area contributed by atoms with Gasteiger partial charge in [0.05, 0.1) is 6.61 Å². The standard InChI is InChI=1S/C12H18BNO5/c1-12(2,3)19-11(16)14-9-5-4-8(7-15)10(6-9)13(17)18/h4-6,15,17-18H,7H2,1-3H3,(H,14,16). The SMILES string of the molecule is CC(C)(C)OC(=O)Nc1ccc(CO)c(B(O)O)c1. The Morgan fingerprint density at radius 1 is 1.37 bits per heavy atom. The highest BCUT2D eigenvalue weighted by atomic mass is 16.6. The molecule has 0 spiro atoms. The van der Waals surface area contributed by atoms with Crippen LogP contribution in [-0.4, -0.2) is 34.0 Å². The second kappa shape index (κ2) is 6.05. The van der Waals surface area contributed by atoms with Crippen molar-refractivity contribution in [3.8, 4) is 0 Å². The van der Waals surface area contributed by atoms with Gasteiger partial charge in [0.2, 0.25) is 0 Å². The lowest BCUT2D eigenvalue weighted by molar-refractivity contribution is 0.0636. The van der Waals surface area contributed by atoms with Crippen molar-refractivity contribution in [1.82, 2.24) is 0 Å². The Kier molecular flexibility index (Phi) is 4.93. The molecule has 0 radical (unpaired) electrons. The number of hydrogen-bond acceptors (Lipinski definition) is 5. The average Bonchev–Trinajstić information content (AvgIpc) is 2.26. The van der Waals surface area contributed by atoms with Crippen molar-refractivity contribution >= 4 is 24.4 Å². The zero-order valence-corrected chi connectivity index (χ0v) is 11.2. The van der Waals surface area contributed by atoms with Gasteiger partial charge in [0, 0.05) is 5.69 Å². The first-order valence-electron chi connectivity index (χ1n) is 5.83. The van der Waals surface area contributed by atoms with E-state index in [0.717, 1.165) is 0 Å². The van der Waals surface area contributed by atoms with Gasteiger partial charge < -0.3 is 19.9 Å². The minimum absolute atomic E-state index is 0.135. The molecule has 0 aromatic heterocycles. The van der Waals surface area contributed by atoms with Crippen LogP contribution < -0.4 is 10.8 Å². The number of aliphatic hydroxyl groups is 1. The third kappa shape index (κ3) is 4.90. The van der Waals surface area contributed by atoms with Crippen LogP contribution in [0, 0.1) is 0 Å². The minimum Gasteiger partial charge on any atom is -0.444 e. The molecule has 4 N–H and O–H groups in total. The number of carbonyl (C=O) groups excluding carboxylic acids is 1. The Labute approximate surface area is 112 Å². The van der Waals surface area contributed by atoms with Crippen molar-refractivity contribution in [2.75, 3.05) is 5.32 Å². The van der Waals surface area contributed by atoms with E-state index < -0.39 is 18.8 Å². The van der Waals surface area contributed by atoms with Crippen LogP contribution in [0.4, 0.5) is 10.5 Å². The van der Waals surface area contributed by atoms with Gasteiger partial charge in [0.1, 0.15) is 5.60 Å². The predicted octanol–water partition coefficient (Wildman–Crippen LogP) is 0.206. The van der Waals surface area contributed by atoms with Crippen LogP contribution in [0.2, 0.25) is 0 Å². The van der Waals surface area contributed by atoms with Crippen LogP contribution in [0.25, 0.3) is 0 Å².